The van der Waals surface area contributed by atoms with E-state index in [9.17, 15) is 0 Å². The molecule has 0 atom stereocenters. The van der Waals surface area contributed by atoms with Crippen molar-refractivity contribution in [2.45, 2.75) is 25.8 Å². The lowest BCUT2D eigenvalue weighted by atomic mass is 10.4. The van der Waals surface area contributed by atoms with Gasteiger partial charge in [0.25, 0.3) is 0 Å². The van der Waals surface area contributed by atoms with Crippen LogP contribution in [-0.4, -0.2) is 45.2 Å². The summed E-state index contributed by atoms with van der Waals surface area (Å²) in [4.78, 5) is 7.02. The number of aromatic nitrogens is 3. The summed E-state index contributed by atoms with van der Waals surface area (Å²) in [5.41, 5.74) is 0.884. The molecule has 1 N–H and O–H groups in total. The smallest absolute Gasteiger partial charge is 0.157 e. The Morgan fingerprint density at radius 1 is 1.44 bits per heavy atom. The fourth-order valence-corrected chi connectivity index (χ4v) is 2.28. The number of hydrogen-bond acceptors (Lipinski definition) is 4. The van der Waals surface area contributed by atoms with E-state index < -0.39 is 0 Å². The first-order valence-corrected chi connectivity index (χ1v) is 6.65. The van der Waals surface area contributed by atoms with Crippen LogP contribution in [0.2, 0.25) is 0 Å². The zero-order chi connectivity index (χ0) is 12.4. The van der Waals surface area contributed by atoms with E-state index in [1.807, 2.05) is 18.3 Å². The van der Waals surface area contributed by atoms with Gasteiger partial charge in [-0.25, -0.2) is 9.50 Å². The van der Waals surface area contributed by atoms with E-state index in [-0.39, 0.29) is 0 Å². The van der Waals surface area contributed by atoms with Crippen molar-refractivity contribution in [2.75, 3.05) is 25.0 Å². The lowest BCUT2D eigenvalue weighted by molar-refractivity contribution is 0.289. The van der Waals surface area contributed by atoms with Crippen molar-refractivity contribution < 1.29 is 0 Å². The second-order valence-corrected chi connectivity index (χ2v) is 4.73. The van der Waals surface area contributed by atoms with Gasteiger partial charge in [-0.15, -0.1) is 0 Å². The first-order valence-electron chi connectivity index (χ1n) is 6.65. The van der Waals surface area contributed by atoms with Crippen LogP contribution in [0.5, 0.6) is 0 Å². The molecule has 2 heterocycles. The van der Waals surface area contributed by atoms with Crippen molar-refractivity contribution in [1.29, 1.82) is 0 Å². The number of nitrogens with zero attached hydrogens (tertiary/aromatic N) is 4. The third-order valence-corrected chi connectivity index (χ3v) is 3.43. The number of nitrogens with one attached hydrogen (secondary N) is 1. The lowest BCUT2D eigenvalue weighted by Crippen LogP contribution is -2.31. The Hall–Kier alpha value is -1.62. The number of fused-ring (bicyclic) bond motifs is 1. The molecule has 5 heteroatoms. The highest BCUT2D eigenvalue weighted by Crippen LogP contribution is 2.25. The van der Waals surface area contributed by atoms with Gasteiger partial charge in [0, 0.05) is 31.4 Å². The quantitative estimate of drug-likeness (QED) is 0.840. The SMILES string of the molecule is CCN(CCNc1ccn2nccc2n1)C1CC1. The van der Waals surface area contributed by atoms with Crippen LogP contribution in [0.25, 0.3) is 5.65 Å². The van der Waals surface area contributed by atoms with Crippen LogP contribution >= 0.6 is 0 Å². The maximum absolute atomic E-state index is 4.49. The highest BCUT2D eigenvalue weighted by molar-refractivity contribution is 5.45. The van der Waals surface area contributed by atoms with Gasteiger partial charge < -0.3 is 5.32 Å². The molecule has 0 radical (unpaired) electrons. The summed E-state index contributed by atoms with van der Waals surface area (Å²) in [6.45, 7) is 5.41. The maximum Gasteiger partial charge on any atom is 0.157 e. The molecule has 0 aromatic carbocycles. The summed E-state index contributed by atoms with van der Waals surface area (Å²) in [6.07, 6.45) is 6.43. The van der Waals surface area contributed by atoms with Crippen LogP contribution in [0.3, 0.4) is 0 Å². The molecule has 96 valence electrons. The van der Waals surface area contributed by atoms with Crippen molar-refractivity contribution in [1.82, 2.24) is 19.5 Å². The average Bonchev–Trinajstić information content (AvgIpc) is 3.12. The Bertz CT molecular complexity index is 517. The molecular formula is C13H19N5. The van der Waals surface area contributed by atoms with Crippen LogP contribution in [0.15, 0.2) is 24.5 Å². The van der Waals surface area contributed by atoms with Gasteiger partial charge in [-0.05, 0) is 25.5 Å². The van der Waals surface area contributed by atoms with E-state index in [1.54, 1.807) is 10.7 Å². The minimum Gasteiger partial charge on any atom is -0.369 e. The summed E-state index contributed by atoms with van der Waals surface area (Å²) >= 11 is 0. The molecule has 0 unspecified atom stereocenters. The molecule has 1 aliphatic carbocycles. The molecule has 3 rings (SSSR count). The molecule has 0 saturated heterocycles. The second-order valence-electron chi connectivity index (χ2n) is 4.73. The van der Waals surface area contributed by atoms with Gasteiger partial charge in [-0.1, -0.05) is 6.92 Å². The second kappa shape index (κ2) is 4.94. The standard InChI is InChI=1S/C13H19N5/c1-2-17(11-3-4-11)10-8-14-12-6-9-18-13(16-12)5-7-15-18/h5-7,9,11H,2-4,8,10H2,1H3,(H,14,16). The van der Waals surface area contributed by atoms with E-state index in [2.05, 4.69) is 27.2 Å². The van der Waals surface area contributed by atoms with E-state index >= 15 is 0 Å². The molecule has 1 saturated carbocycles. The summed E-state index contributed by atoms with van der Waals surface area (Å²) in [7, 11) is 0. The molecule has 0 bridgehead atoms. The largest absolute Gasteiger partial charge is 0.369 e. The molecule has 18 heavy (non-hydrogen) atoms. The Kier molecular flexibility index (Phi) is 3.15. The van der Waals surface area contributed by atoms with Gasteiger partial charge >= 0.3 is 0 Å². The Labute approximate surface area is 107 Å². The van der Waals surface area contributed by atoms with Gasteiger partial charge in [-0.3, -0.25) is 4.90 Å². The van der Waals surface area contributed by atoms with Crippen LogP contribution in [0.4, 0.5) is 5.82 Å². The Morgan fingerprint density at radius 3 is 3.11 bits per heavy atom. The highest BCUT2D eigenvalue weighted by Gasteiger charge is 2.27. The van der Waals surface area contributed by atoms with E-state index in [0.29, 0.717) is 0 Å². The topological polar surface area (TPSA) is 45.5 Å². The van der Waals surface area contributed by atoms with E-state index in [0.717, 1.165) is 37.1 Å². The van der Waals surface area contributed by atoms with Gasteiger partial charge in [0.1, 0.15) is 5.82 Å². The predicted octanol–water partition coefficient (Wildman–Crippen LogP) is 1.63. The fraction of sp³-hybridized carbons (Fsp3) is 0.538. The molecule has 0 aliphatic heterocycles. The van der Waals surface area contributed by atoms with Gasteiger partial charge in [0.2, 0.25) is 0 Å². The van der Waals surface area contributed by atoms with Crippen LogP contribution < -0.4 is 5.32 Å². The molecule has 0 spiro atoms. The number of hydrogen-bond donors (Lipinski definition) is 1. The molecule has 1 aliphatic rings. The van der Waals surface area contributed by atoms with Crippen LogP contribution in [0, 0.1) is 0 Å². The highest BCUT2D eigenvalue weighted by atomic mass is 15.2. The number of rotatable bonds is 6. The number of likely N-dealkylation sites (N-methyl/N-ethyl adjacent to an activating group) is 1. The molecule has 0 amide bonds. The van der Waals surface area contributed by atoms with Crippen molar-refractivity contribution in [3.63, 3.8) is 0 Å². The van der Waals surface area contributed by atoms with Crippen LogP contribution in [0.1, 0.15) is 19.8 Å². The molecule has 1 fully saturated rings. The zero-order valence-electron chi connectivity index (χ0n) is 10.7. The molecule has 5 nitrogen and oxygen atoms in total. The van der Waals surface area contributed by atoms with Crippen molar-refractivity contribution >= 4 is 11.5 Å². The van der Waals surface area contributed by atoms with Gasteiger partial charge in [0.15, 0.2) is 5.65 Å². The molecular weight excluding hydrogens is 226 g/mol. The first kappa shape index (κ1) is 11.5. The van der Waals surface area contributed by atoms with Crippen molar-refractivity contribution in [3.05, 3.63) is 24.5 Å². The summed E-state index contributed by atoms with van der Waals surface area (Å²) < 4.78 is 1.77. The van der Waals surface area contributed by atoms with Gasteiger partial charge in [-0.2, -0.15) is 5.10 Å². The monoisotopic (exact) mass is 245 g/mol. The lowest BCUT2D eigenvalue weighted by Gasteiger charge is -2.19. The van der Waals surface area contributed by atoms with E-state index in [1.165, 1.54) is 12.8 Å². The fourth-order valence-electron chi connectivity index (χ4n) is 2.28. The third-order valence-electron chi connectivity index (χ3n) is 3.43. The van der Waals surface area contributed by atoms with Crippen molar-refractivity contribution in [2.24, 2.45) is 0 Å². The summed E-state index contributed by atoms with van der Waals surface area (Å²) in [5, 5.41) is 7.51. The molecule has 2 aromatic heterocycles. The van der Waals surface area contributed by atoms with Gasteiger partial charge in [0.05, 0.1) is 6.20 Å². The van der Waals surface area contributed by atoms with Crippen molar-refractivity contribution in [3.8, 4) is 0 Å². The Morgan fingerprint density at radius 2 is 2.33 bits per heavy atom. The van der Waals surface area contributed by atoms with E-state index in [4.69, 9.17) is 0 Å². The zero-order valence-corrected chi connectivity index (χ0v) is 10.7. The average molecular weight is 245 g/mol. The number of anilines is 1. The van der Waals surface area contributed by atoms with Crippen LogP contribution in [-0.2, 0) is 0 Å². The maximum atomic E-state index is 4.49. The summed E-state index contributed by atoms with van der Waals surface area (Å²) in [5.74, 6) is 0.926. The third kappa shape index (κ3) is 2.46. The summed E-state index contributed by atoms with van der Waals surface area (Å²) in [6, 6.07) is 4.71. The predicted molar refractivity (Wildman–Crippen MR) is 71.7 cm³/mol. The first-order chi connectivity index (χ1) is 8.86. The minimum atomic E-state index is 0.835. The minimum absolute atomic E-state index is 0.835. The Balaban J connectivity index is 1.55. The molecule has 2 aromatic rings. The normalized spacial score (nSPS) is 15.4.